The Morgan fingerprint density at radius 2 is 1.95 bits per heavy atom. The molecule has 0 atom stereocenters. The van der Waals surface area contributed by atoms with E-state index in [0.29, 0.717) is 17.3 Å². The largest absolute Gasteiger partial charge is 0.312 e. The molecule has 1 heterocycles. The Labute approximate surface area is 127 Å². The second-order valence-corrected chi connectivity index (χ2v) is 8.08. The Kier molecular flexibility index (Phi) is 7.72. The second kappa shape index (κ2) is 8.77. The van der Waals surface area contributed by atoms with Crippen molar-refractivity contribution in [1.82, 2.24) is 9.62 Å². The van der Waals surface area contributed by atoms with Gasteiger partial charge in [-0.2, -0.15) is 4.31 Å². The molecule has 0 unspecified atom stereocenters. The van der Waals surface area contributed by atoms with E-state index in [-0.39, 0.29) is 0 Å². The number of hydrogen-bond acceptors (Lipinski definition) is 4. The predicted molar refractivity (Wildman–Crippen MR) is 85.7 cm³/mol. The number of nitrogens with zero attached hydrogens (tertiary/aromatic N) is 1. The molecule has 4 nitrogen and oxygen atoms in total. The first-order valence-electron chi connectivity index (χ1n) is 7.35. The van der Waals surface area contributed by atoms with E-state index >= 15 is 0 Å². The molecule has 0 spiro atoms. The molecular weight excluding hydrogens is 292 g/mol. The van der Waals surface area contributed by atoms with Gasteiger partial charge in [-0.25, -0.2) is 8.42 Å². The molecule has 1 N–H and O–H groups in total. The van der Waals surface area contributed by atoms with Gasteiger partial charge >= 0.3 is 0 Å². The second-order valence-electron chi connectivity index (χ2n) is 4.75. The maximum absolute atomic E-state index is 12.5. The fraction of sp³-hybridized carbons (Fsp3) is 0.714. The van der Waals surface area contributed by atoms with Crippen LogP contribution >= 0.6 is 11.3 Å². The molecule has 0 saturated heterocycles. The molecule has 0 aromatic carbocycles. The van der Waals surface area contributed by atoms with E-state index in [9.17, 15) is 8.42 Å². The van der Waals surface area contributed by atoms with Crippen LogP contribution < -0.4 is 5.32 Å². The van der Waals surface area contributed by atoms with E-state index in [1.54, 1.807) is 10.4 Å². The highest BCUT2D eigenvalue weighted by molar-refractivity contribution is 7.91. The van der Waals surface area contributed by atoms with Gasteiger partial charge in [0.15, 0.2) is 0 Å². The van der Waals surface area contributed by atoms with Crippen LogP contribution in [0.5, 0.6) is 0 Å². The van der Waals surface area contributed by atoms with Gasteiger partial charge in [-0.05, 0) is 31.5 Å². The summed E-state index contributed by atoms with van der Waals surface area (Å²) in [6, 6.07) is 3.64. The van der Waals surface area contributed by atoms with E-state index in [2.05, 4.69) is 19.2 Å². The lowest BCUT2D eigenvalue weighted by Crippen LogP contribution is -2.31. The molecule has 1 rings (SSSR count). The fourth-order valence-corrected chi connectivity index (χ4v) is 4.86. The van der Waals surface area contributed by atoms with Crippen LogP contribution in [0.3, 0.4) is 0 Å². The highest BCUT2D eigenvalue weighted by atomic mass is 32.2. The molecule has 0 aliphatic rings. The van der Waals surface area contributed by atoms with E-state index < -0.39 is 10.0 Å². The Morgan fingerprint density at radius 1 is 1.20 bits per heavy atom. The van der Waals surface area contributed by atoms with Crippen molar-refractivity contribution in [2.24, 2.45) is 0 Å². The van der Waals surface area contributed by atoms with Crippen molar-refractivity contribution in [2.75, 3.05) is 19.6 Å². The minimum atomic E-state index is -3.31. The lowest BCUT2D eigenvalue weighted by molar-refractivity contribution is 0.420. The van der Waals surface area contributed by atoms with Crippen LogP contribution in [0.25, 0.3) is 0 Å². The smallest absolute Gasteiger partial charge is 0.252 e. The van der Waals surface area contributed by atoms with Gasteiger partial charge < -0.3 is 5.32 Å². The molecule has 1 aromatic rings. The van der Waals surface area contributed by atoms with Crippen LogP contribution in [0.1, 0.15) is 44.9 Å². The zero-order valence-corrected chi connectivity index (χ0v) is 14.3. The number of rotatable bonds is 10. The van der Waals surface area contributed by atoms with Gasteiger partial charge in [-0.15, -0.1) is 11.3 Å². The summed E-state index contributed by atoms with van der Waals surface area (Å²) in [4.78, 5) is 1.07. The van der Waals surface area contributed by atoms with Crippen molar-refractivity contribution < 1.29 is 8.42 Å². The van der Waals surface area contributed by atoms with Crippen LogP contribution in [0, 0.1) is 0 Å². The van der Waals surface area contributed by atoms with Gasteiger partial charge in [-0.3, -0.25) is 0 Å². The monoisotopic (exact) mass is 318 g/mol. The zero-order chi connectivity index (χ0) is 15.0. The first kappa shape index (κ1) is 17.6. The summed E-state index contributed by atoms with van der Waals surface area (Å²) < 4.78 is 27.1. The van der Waals surface area contributed by atoms with Crippen molar-refractivity contribution in [3.05, 3.63) is 17.0 Å². The lowest BCUT2D eigenvalue weighted by Gasteiger charge is -2.18. The number of unbranched alkanes of at least 4 members (excludes halogenated alkanes) is 1. The van der Waals surface area contributed by atoms with Crippen molar-refractivity contribution in [1.29, 1.82) is 0 Å². The van der Waals surface area contributed by atoms with Gasteiger partial charge in [0.05, 0.1) is 0 Å². The standard InChI is InChI=1S/C14H26N2O2S2/c1-4-7-11-16(6-3)20(17,18)14-9-8-13(19-14)12-15-10-5-2/h8-9,15H,4-7,10-12H2,1-3H3. The summed E-state index contributed by atoms with van der Waals surface area (Å²) in [5.74, 6) is 0. The van der Waals surface area contributed by atoms with Crippen molar-refractivity contribution in [3.63, 3.8) is 0 Å². The molecule has 0 bridgehead atoms. The van der Waals surface area contributed by atoms with E-state index in [1.807, 2.05) is 13.0 Å². The van der Waals surface area contributed by atoms with Crippen LogP contribution in [-0.4, -0.2) is 32.4 Å². The quantitative estimate of drug-likeness (QED) is 0.675. The van der Waals surface area contributed by atoms with Crippen LogP contribution in [0.4, 0.5) is 0 Å². The summed E-state index contributed by atoms with van der Waals surface area (Å²) in [7, 11) is -3.31. The highest BCUT2D eigenvalue weighted by Gasteiger charge is 2.24. The number of sulfonamides is 1. The molecule has 0 aliphatic carbocycles. The maximum atomic E-state index is 12.5. The van der Waals surface area contributed by atoms with Crippen molar-refractivity contribution in [3.8, 4) is 0 Å². The molecule has 20 heavy (non-hydrogen) atoms. The van der Waals surface area contributed by atoms with E-state index in [4.69, 9.17) is 0 Å². The summed E-state index contributed by atoms with van der Waals surface area (Å²) in [5.41, 5.74) is 0. The maximum Gasteiger partial charge on any atom is 0.252 e. The molecule has 1 aromatic heterocycles. The normalized spacial score (nSPS) is 12.2. The minimum Gasteiger partial charge on any atom is -0.312 e. The molecule has 0 radical (unpaired) electrons. The first-order chi connectivity index (χ1) is 9.56. The zero-order valence-electron chi connectivity index (χ0n) is 12.7. The van der Waals surface area contributed by atoms with Gasteiger partial charge in [0.2, 0.25) is 0 Å². The topological polar surface area (TPSA) is 49.4 Å². The molecule has 0 aliphatic heterocycles. The first-order valence-corrected chi connectivity index (χ1v) is 9.61. The van der Waals surface area contributed by atoms with Crippen LogP contribution in [0.15, 0.2) is 16.3 Å². The minimum absolute atomic E-state index is 0.462. The summed E-state index contributed by atoms with van der Waals surface area (Å²) in [6.07, 6.45) is 2.99. The third-order valence-corrected chi connectivity index (χ3v) is 6.60. The summed E-state index contributed by atoms with van der Waals surface area (Å²) in [6.45, 7) is 8.92. The Bertz CT molecular complexity index is 483. The van der Waals surface area contributed by atoms with Crippen LogP contribution in [-0.2, 0) is 16.6 Å². The highest BCUT2D eigenvalue weighted by Crippen LogP contribution is 2.25. The number of nitrogens with one attached hydrogen (secondary N) is 1. The Morgan fingerprint density at radius 3 is 2.55 bits per heavy atom. The van der Waals surface area contributed by atoms with Gasteiger partial charge in [0.25, 0.3) is 10.0 Å². The lowest BCUT2D eigenvalue weighted by atomic mass is 10.3. The van der Waals surface area contributed by atoms with Crippen molar-refractivity contribution >= 4 is 21.4 Å². The Hall–Kier alpha value is -0.430. The number of thiophene rings is 1. The third kappa shape index (κ3) is 4.84. The summed E-state index contributed by atoms with van der Waals surface area (Å²) >= 11 is 1.38. The fourth-order valence-electron chi connectivity index (χ4n) is 1.89. The van der Waals surface area contributed by atoms with E-state index in [1.165, 1.54) is 11.3 Å². The van der Waals surface area contributed by atoms with Gasteiger partial charge in [0.1, 0.15) is 4.21 Å². The third-order valence-electron chi connectivity index (χ3n) is 3.07. The number of hydrogen-bond donors (Lipinski definition) is 1. The molecule has 116 valence electrons. The molecule has 0 fully saturated rings. The van der Waals surface area contributed by atoms with Crippen molar-refractivity contribution in [2.45, 2.75) is 50.8 Å². The molecule has 0 saturated carbocycles. The average Bonchev–Trinajstić information content (AvgIpc) is 2.89. The van der Waals surface area contributed by atoms with E-state index in [0.717, 1.165) is 37.2 Å². The molecule has 0 amide bonds. The molecule has 6 heteroatoms. The van der Waals surface area contributed by atoms with Gasteiger partial charge in [0, 0.05) is 24.5 Å². The summed E-state index contributed by atoms with van der Waals surface area (Å²) in [5, 5.41) is 3.30. The predicted octanol–water partition coefficient (Wildman–Crippen LogP) is 3.06. The average molecular weight is 319 g/mol. The van der Waals surface area contributed by atoms with Gasteiger partial charge in [-0.1, -0.05) is 27.2 Å². The van der Waals surface area contributed by atoms with Crippen LogP contribution in [0.2, 0.25) is 0 Å². The SMILES string of the molecule is CCCCN(CC)S(=O)(=O)c1ccc(CNCCC)s1. The Balaban J connectivity index is 2.75. The molecular formula is C14H26N2O2S2.